The van der Waals surface area contributed by atoms with Crippen LogP contribution in [0.3, 0.4) is 0 Å². The van der Waals surface area contributed by atoms with Crippen LogP contribution in [-0.2, 0) is 4.79 Å². The summed E-state index contributed by atoms with van der Waals surface area (Å²) in [5.41, 5.74) is -2.51. The minimum absolute atomic E-state index is 0.267. The fourth-order valence-electron chi connectivity index (χ4n) is 2.25. The molecule has 0 spiro atoms. The van der Waals surface area contributed by atoms with Gasteiger partial charge in [-0.2, -0.15) is 10.5 Å². The first kappa shape index (κ1) is 16.8. The Morgan fingerprint density at radius 1 is 1.17 bits per heavy atom. The van der Waals surface area contributed by atoms with Crippen LogP contribution in [0.4, 0.5) is 0 Å². The molecule has 1 N–H and O–H groups in total. The normalized spacial score (nSPS) is 21.0. The number of carbonyl (C=O) groups is 2. The van der Waals surface area contributed by atoms with Crippen LogP contribution in [0, 0.1) is 28.1 Å². The molecule has 1 aliphatic rings. The van der Waals surface area contributed by atoms with Crippen molar-refractivity contribution in [2.75, 3.05) is 0 Å². The lowest BCUT2D eigenvalue weighted by Gasteiger charge is -2.28. The number of ketones is 2. The molecule has 0 aromatic heterocycles. The number of Topliss-reactive ketones (excluding diaryl/α,β-unsaturated/α-hetero) is 2. The first-order valence-electron chi connectivity index (χ1n) is 6.32. The first-order valence-corrected chi connectivity index (χ1v) is 7.08. The van der Waals surface area contributed by atoms with Crippen molar-refractivity contribution in [1.29, 1.82) is 10.5 Å². The molecule has 0 bridgehead atoms. The van der Waals surface area contributed by atoms with E-state index in [2.05, 4.69) is 0 Å². The van der Waals surface area contributed by atoms with E-state index in [9.17, 15) is 25.2 Å². The maximum Gasteiger partial charge on any atom is 0.201 e. The second-order valence-corrected chi connectivity index (χ2v) is 5.53. The van der Waals surface area contributed by atoms with E-state index in [1.54, 1.807) is 30.3 Å². The smallest absolute Gasteiger partial charge is 0.201 e. The van der Waals surface area contributed by atoms with Crippen molar-refractivity contribution in [3.63, 3.8) is 0 Å². The van der Waals surface area contributed by atoms with Crippen LogP contribution in [0.25, 0.3) is 0 Å². The second-order valence-electron chi connectivity index (χ2n) is 4.78. The first-order chi connectivity index (χ1) is 10.9. The molecule has 23 heavy (non-hydrogen) atoms. The monoisotopic (exact) mass is 346 g/mol. The van der Waals surface area contributed by atoms with Crippen molar-refractivity contribution in [2.45, 2.75) is 6.42 Å². The summed E-state index contributed by atoms with van der Waals surface area (Å²) in [6.45, 7) is 0. The average molecular weight is 347 g/mol. The highest BCUT2D eigenvalue weighted by Gasteiger charge is 2.51. The Bertz CT molecular complexity index is 844. The SMILES string of the molecule is N#CC1=C(O)C(Cl)=C(Cl)C(=O)C1(C#N)CC(=O)c1ccccc1. The Hall–Kier alpha value is -2.60. The van der Waals surface area contributed by atoms with Gasteiger partial charge in [-0.3, -0.25) is 9.59 Å². The molecule has 0 radical (unpaired) electrons. The standard InChI is InChI=1S/C16H8Cl2N2O3/c17-12-13(18)15(23)16(8-20,10(7-19)14(12)22)6-11(21)9-4-2-1-3-5-9/h1-5,22H,6H2. The Morgan fingerprint density at radius 2 is 1.78 bits per heavy atom. The van der Waals surface area contributed by atoms with Crippen LogP contribution in [0.5, 0.6) is 0 Å². The van der Waals surface area contributed by atoms with Crippen LogP contribution in [0.15, 0.2) is 51.7 Å². The molecule has 0 fully saturated rings. The number of hydrogen-bond donors (Lipinski definition) is 1. The van der Waals surface area contributed by atoms with Crippen LogP contribution < -0.4 is 0 Å². The highest BCUT2D eigenvalue weighted by molar-refractivity contribution is 6.51. The van der Waals surface area contributed by atoms with E-state index in [0.717, 1.165) is 0 Å². The van der Waals surface area contributed by atoms with Crippen molar-refractivity contribution in [2.24, 2.45) is 5.41 Å². The predicted molar refractivity (Wildman–Crippen MR) is 82.4 cm³/mol. The molecule has 1 aromatic carbocycles. The minimum Gasteiger partial charge on any atom is -0.505 e. The number of aliphatic hydroxyl groups excluding tert-OH is 1. The van der Waals surface area contributed by atoms with E-state index in [0.29, 0.717) is 0 Å². The van der Waals surface area contributed by atoms with Gasteiger partial charge in [0.15, 0.2) is 17.0 Å². The van der Waals surface area contributed by atoms with Crippen molar-refractivity contribution in [3.05, 3.63) is 57.3 Å². The van der Waals surface area contributed by atoms with Crippen LogP contribution in [0.1, 0.15) is 16.8 Å². The molecule has 1 aliphatic carbocycles. The van der Waals surface area contributed by atoms with Gasteiger partial charge in [-0.05, 0) is 0 Å². The lowest BCUT2D eigenvalue weighted by molar-refractivity contribution is -0.120. The number of carbonyl (C=O) groups excluding carboxylic acids is 2. The van der Waals surface area contributed by atoms with Gasteiger partial charge in [-0.25, -0.2) is 0 Å². The zero-order valence-corrected chi connectivity index (χ0v) is 13.0. The maximum atomic E-state index is 12.4. The van der Waals surface area contributed by atoms with Gasteiger partial charge in [-0.1, -0.05) is 53.5 Å². The van der Waals surface area contributed by atoms with Crippen molar-refractivity contribution in [3.8, 4) is 12.1 Å². The number of allylic oxidation sites excluding steroid dienone is 3. The van der Waals surface area contributed by atoms with Gasteiger partial charge >= 0.3 is 0 Å². The molecule has 2 rings (SSSR count). The summed E-state index contributed by atoms with van der Waals surface area (Å²) in [5, 5.41) is 27.6. The summed E-state index contributed by atoms with van der Waals surface area (Å²) in [6.07, 6.45) is -0.625. The number of hydrogen-bond acceptors (Lipinski definition) is 5. The Labute approximate surface area is 141 Å². The lowest BCUT2D eigenvalue weighted by Crippen LogP contribution is -2.38. The van der Waals surface area contributed by atoms with Crippen LogP contribution in [-0.4, -0.2) is 16.7 Å². The molecule has 5 nitrogen and oxygen atoms in total. The molecule has 1 aromatic rings. The van der Waals surface area contributed by atoms with Gasteiger partial charge in [0.2, 0.25) is 5.78 Å². The number of halogens is 2. The third-order valence-electron chi connectivity index (χ3n) is 3.48. The van der Waals surface area contributed by atoms with Crippen LogP contribution >= 0.6 is 23.2 Å². The second kappa shape index (κ2) is 6.26. The molecule has 0 saturated heterocycles. The predicted octanol–water partition coefficient (Wildman–Crippen LogP) is 3.38. The highest BCUT2D eigenvalue weighted by Crippen LogP contribution is 2.45. The lowest BCUT2D eigenvalue weighted by atomic mass is 9.70. The molecule has 0 aliphatic heterocycles. The zero-order chi connectivity index (χ0) is 17.2. The van der Waals surface area contributed by atoms with E-state index < -0.39 is 44.8 Å². The molecule has 0 saturated carbocycles. The Kier molecular flexibility index (Phi) is 4.56. The summed E-state index contributed by atoms with van der Waals surface area (Å²) in [4.78, 5) is 24.8. The molecule has 1 unspecified atom stereocenters. The summed E-state index contributed by atoms with van der Waals surface area (Å²) < 4.78 is 0. The molecule has 0 amide bonds. The number of benzene rings is 1. The molecule has 114 valence electrons. The topological polar surface area (TPSA) is 102 Å². The number of nitrogens with zero attached hydrogens (tertiary/aromatic N) is 2. The van der Waals surface area contributed by atoms with Crippen molar-refractivity contribution in [1.82, 2.24) is 0 Å². The summed E-state index contributed by atoms with van der Waals surface area (Å²) >= 11 is 11.5. The van der Waals surface area contributed by atoms with Crippen molar-refractivity contribution >= 4 is 34.8 Å². The summed E-state index contributed by atoms with van der Waals surface area (Å²) in [6, 6.07) is 11.2. The minimum atomic E-state index is -2.19. The van der Waals surface area contributed by atoms with Gasteiger partial charge in [0.1, 0.15) is 21.7 Å². The Morgan fingerprint density at radius 3 is 2.30 bits per heavy atom. The van der Waals surface area contributed by atoms with E-state index in [-0.39, 0.29) is 5.56 Å². The third-order valence-corrected chi connectivity index (χ3v) is 4.30. The molecule has 0 heterocycles. The van der Waals surface area contributed by atoms with E-state index in [1.807, 2.05) is 0 Å². The highest BCUT2D eigenvalue weighted by atomic mass is 35.5. The maximum absolute atomic E-state index is 12.4. The van der Waals surface area contributed by atoms with Gasteiger partial charge in [0.25, 0.3) is 0 Å². The Balaban J connectivity index is 2.57. The van der Waals surface area contributed by atoms with E-state index in [1.165, 1.54) is 12.1 Å². The summed E-state index contributed by atoms with van der Waals surface area (Å²) in [7, 11) is 0. The molecule has 1 atom stereocenters. The summed E-state index contributed by atoms with van der Waals surface area (Å²) in [5.74, 6) is -2.28. The fourth-order valence-corrected chi connectivity index (χ4v) is 2.68. The third kappa shape index (κ3) is 2.61. The average Bonchev–Trinajstić information content (AvgIpc) is 2.58. The van der Waals surface area contributed by atoms with Gasteiger partial charge < -0.3 is 5.11 Å². The molecule has 7 heteroatoms. The van der Waals surface area contributed by atoms with Gasteiger partial charge in [0.05, 0.1) is 6.07 Å². The number of aliphatic hydroxyl groups is 1. The number of rotatable bonds is 3. The van der Waals surface area contributed by atoms with E-state index in [4.69, 9.17) is 23.2 Å². The molecular weight excluding hydrogens is 339 g/mol. The fraction of sp³-hybridized carbons (Fsp3) is 0.125. The quantitative estimate of drug-likeness (QED) is 0.845. The zero-order valence-electron chi connectivity index (χ0n) is 11.5. The van der Waals surface area contributed by atoms with Crippen molar-refractivity contribution < 1.29 is 14.7 Å². The van der Waals surface area contributed by atoms with Gasteiger partial charge in [-0.15, -0.1) is 0 Å². The van der Waals surface area contributed by atoms with E-state index >= 15 is 0 Å². The number of nitriles is 2. The largest absolute Gasteiger partial charge is 0.505 e. The van der Waals surface area contributed by atoms with Gasteiger partial charge in [0, 0.05) is 12.0 Å². The van der Waals surface area contributed by atoms with Crippen LogP contribution in [0.2, 0.25) is 0 Å². The molecular formula is C16H8Cl2N2O3.